The fraction of sp³-hybridized carbons (Fsp3) is 0.500. The number of rotatable bonds is 3. The van der Waals surface area contributed by atoms with Crippen molar-refractivity contribution in [2.45, 2.75) is 16.5 Å². The van der Waals surface area contributed by atoms with Gasteiger partial charge in [0.15, 0.2) is 0 Å². The summed E-state index contributed by atoms with van der Waals surface area (Å²) < 4.78 is 23.2. The van der Waals surface area contributed by atoms with E-state index in [0.29, 0.717) is 0 Å². The molecule has 0 bridgehead atoms. The number of hydrogen-bond donors (Lipinski definition) is 0. The maximum absolute atomic E-state index is 11.6. The Kier molecular flexibility index (Phi) is 3.57. The molecular weight excluding hydrogens is 253 g/mol. The maximum atomic E-state index is 11.6. The molecular formula is C6H7Cl2NO2S2. The first-order valence-electron chi connectivity index (χ1n) is 3.39. The third kappa shape index (κ3) is 2.34. The van der Waals surface area contributed by atoms with Crippen LogP contribution in [-0.4, -0.2) is 24.5 Å². The summed E-state index contributed by atoms with van der Waals surface area (Å²) in [7, 11) is -3.38. The summed E-state index contributed by atoms with van der Waals surface area (Å²) in [6, 6.07) is 0. The minimum absolute atomic E-state index is 0.0330. The number of alkyl halides is 1. The molecule has 7 heteroatoms. The van der Waals surface area contributed by atoms with Gasteiger partial charge in [0.2, 0.25) is 14.2 Å². The van der Waals surface area contributed by atoms with Crippen LogP contribution in [0.1, 0.15) is 6.92 Å². The van der Waals surface area contributed by atoms with E-state index >= 15 is 0 Å². The van der Waals surface area contributed by atoms with Gasteiger partial charge in [0.05, 0.1) is 5.25 Å². The Labute approximate surface area is 90.6 Å². The van der Waals surface area contributed by atoms with Gasteiger partial charge in [-0.25, -0.2) is 13.4 Å². The minimum atomic E-state index is -3.38. The Morgan fingerprint density at radius 1 is 1.69 bits per heavy atom. The third-order valence-electron chi connectivity index (χ3n) is 1.45. The molecule has 74 valence electrons. The van der Waals surface area contributed by atoms with Crippen LogP contribution in [0.3, 0.4) is 0 Å². The number of aromatic nitrogens is 1. The zero-order valence-corrected chi connectivity index (χ0v) is 9.84. The molecule has 0 spiro atoms. The fourth-order valence-electron chi connectivity index (χ4n) is 0.625. The van der Waals surface area contributed by atoms with Crippen LogP contribution < -0.4 is 0 Å². The van der Waals surface area contributed by atoms with Crippen molar-refractivity contribution in [1.29, 1.82) is 0 Å². The molecule has 1 unspecified atom stereocenters. The number of thiazole rings is 1. The summed E-state index contributed by atoms with van der Waals surface area (Å²) in [6.45, 7) is 1.54. The van der Waals surface area contributed by atoms with E-state index in [4.69, 9.17) is 23.2 Å². The average molecular weight is 260 g/mol. The van der Waals surface area contributed by atoms with Crippen molar-refractivity contribution in [3.8, 4) is 0 Å². The number of sulfone groups is 1. The Morgan fingerprint density at radius 2 is 2.31 bits per heavy atom. The van der Waals surface area contributed by atoms with Gasteiger partial charge < -0.3 is 0 Å². The van der Waals surface area contributed by atoms with E-state index in [-0.39, 0.29) is 15.4 Å². The molecule has 0 saturated heterocycles. The van der Waals surface area contributed by atoms with Crippen LogP contribution in [-0.2, 0) is 9.84 Å². The van der Waals surface area contributed by atoms with Crippen LogP contribution in [0.5, 0.6) is 0 Å². The van der Waals surface area contributed by atoms with E-state index in [0.717, 1.165) is 11.3 Å². The van der Waals surface area contributed by atoms with E-state index in [2.05, 4.69) is 4.98 Å². The van der Waals surface area contributed by atoms with Gasteiger partial charge in [0.1, 0.15) is 5.15 Å². The van der Waals surface area contributed by atoms with Crippen molar-refractivity contribution in [2.24, 2.45) is 0 Å². The van der Waals surface area contributed by atoms with E-state index < -0.39 is 15.1 Å². The van der Waals surface area contributed by atoms with Gasteiger partial charge in [-0.2, -0.15) is 0 Å². The standard InChI is InChI=1S/C6H7Cl2NO2S2/c1-4(2-7)13(10,11)6-9-5(8)3-12-6/h3-4H,2H2,1H3. The molecule has 1 heterocycles. The molecule has 0 amide bonds. The second kappa shape index (κ2) is 4.13. The smallest absolute Gasteiger partial charge is 0.210 e. The Morgan fingerprint density at radius 3 is 2.69 bits per heavy atom. The molecule has 3 nitrogen and oxygen atoms in total. The Bertz CT molecular complexity index is 387. The predicted molar refractivity (Wildman–Crippen MR) is 54.5 cm³/mol. The first-order chi connectivity index (χ1) is 5.98. The van der Waals surface area contributed by atoms with Crippen molar-refractivity contribution in [3.05, 3.63) is 10.5 Å². The lowest BCUT2D eigenvalue weighted by Crippen LogP contribution is -2.19. The number of halogens is 2. The normalized spacial score (nSPS) is 14.4. The summed E-state index contributed by atoms with van der Waals surface area (Å²) in [5.74, 6) is 0.0551. The number of hydrogen-bond acceptors (Lipinski definition) is 4. The SMILES string of the molecule is CC(CCl)S(=O)(=O)c1nc(Cl)cs1. The zero-order valence-electron chi connectivity index (χ0n) is 6.70. The van der Waals surface area contributed by atoms with Crippen LogP contribution in [0.4, 0.5) is 0 Å². The van der Waals surface area contributed by atoms with Crippen LogP contribution in [0, 0.1) is 0 Å². The van der Waals surface area contributed by atoms with Crippen molar-refractivity contribution in [1.82, 2.24) is 4.98 Å². The molecule has 0 aromatic carbocycles. The lowest BCUT2D eigenvalue weighted by molar-refractivity contribution is 0.587. The van der Waals surface area contributed by atoms with Crippen molar-refractivity contribution >= 4 is 44.4 Å². The lowest BCUT2D eigenvalue weighted by atomic mass is 10.6. The molecule has 1 aromatic heterocycles. The van der Waals surface area contributed by atoms with E-state index in [1.54, 1.807) is 0 Å². The molecule has 0 aliphatic heterocycles. The van der Waals surface area contributed by atoms with Crippen LogP contribution in [0.2, 0.25) is 5.15 Å². The van der Waals surface area contributed by atoms with Gasteiger partial charge in [-0.05, 0) is 6.92 Å². The maximum Gasteiger partial charge on any atom is 0.210 e. The fourth-order valence-corrected chi connectivity index (χ4v) is 3.75. The van der Waals surface area contributed by atoms with Crippen LogP contribution in [0.15, 0.2) is 9.72 Å². The first kappa shape index (κ1) is 11.2. The zero-order chi connectivity index (χ0) is 10.1. The van der Waals surface area contributed by atoms with Crippen molar-refractivity contribution in [3.63, 3.8) is 0 Å². The number of nitrogens with zero attached hydrogens (tertiary/aromatic N) is 1. The average Bonchev–Trinajstić information content (AvgIpc) is 2.50. The summed E-state index contributed by atoms with van der Waals surface area (Å²) in [5, 5.41) is 1.05. The highest BCUT2D eigenvalue weighted by molar-refractivity contribution is 7.94. The molecule has 0 aliphatic carbocycles. The van der Waals surface area contributed by atoms with Gasteiger partial charge >= 0.3 is 0 Å². The molecule has 1 rings (SSSR count). The molecule has 0 N–H and O–H groups in total. The molecule has 0 aliphatic rings. The van der Waals surface area contributed by atoms with Gasteiger partial charge in [0, 0.05) is 11.3 Å². The lowest BCUT2D eigenvalue weighted by Gasteiger charge is -2.05. The van der Waals surface area contributed by atoms with Crippen molar-refractivity contribution < 1.29 is 8.42 Å². The second-order valence-corrected chi connectivity index (χ2v) is 6.54. The highest BCUT2D eigenvalue weighted by Crippen LogP contribution is 2.23. The minimum Gasteiger partial charge on any atom is -0.221 e. The summed E-state index contributed by atoms with van der Waals surface area (Å²) >= 11 is 12.0. The molecule has 0 saturated carbocycles. The van der Waals surface area contributed by atoms with Gasteiger partial charge in [0.25, 0.3) is 0 Å². The van der Waals surface area contributed by atoms with Gasteiger partial charge in [-0.1, -0.05) is 11.6 Å². The first-order valence-corrected chi connectivity index (χ1v) is 6.73. The summed E-state index contributed by atoms with van der Waals surface area (Å²) in [6.07, 6.45) is 0. The van der Waals surface area contributed by atoms with E-state index in [9.17, 15) is 8.42 Å². The monoisotopic (exact) mass is 259 g/mol. The Hall–Kier alpha value is 0.160. The van der Waals surface area contributed by atoms with Gasteiger partial charge in [-0.15, -0.1) is 22.9 Å². The molecule has 0 radical (unpaired) electrons. The van der Waals surface area contributed by atoms with Gasteiger partial charge in [-0.3, -0.25) is 0 Å². The second-order valence-electron chi connectivity index (χ2n) is 2.45. The molecule has 1 aromatic rings. The topological polar surface area (TPSA) is 47.0 Å². The third-order valence-corrected chi connectivity index (χ3v) is 5.84. The molecule has 1 atom stereocenters. The summed E-state index contributed by atoms with van der Waals surface area (Å²) in [5.41, 5.74) is 0. The molecule has 0 fully saturated rings. The quantitative estimate of drug-likeness (QED) is 0.783. The summed E-state index contributed by atoms with van der Waals surface area (Å²) in [4.78, 5) is 3.69. The highest BCUT2D eigenvalue weighted by atomic mass is 35.5. The van der Waals surface area contributed by atoms with E-state index in [1.165, 1.54) is 12.3 Å². The highest BCUT2D eigenvalue weighted by Gasteiger charge is 2.25. The predicted octanol–water partition coefficient (Wildman–Crippen LogP) is 2.20. The Balaban J connectivity index is 3.08. The largest absolute Gasteiger partial charge is 0.221 e. The van der Waals surface area contributed by atoms with Crippen LogP contribution in [0.25, 0.3) is 0 Å². The van der Waals surface area contributed by atoms with Crippen LogP contribution >= 0.6 is 34.5 Å². The van der Waals surface area contributed by atoms with Crippen molar-refractivity contribution in [2.75, 3.05) is 5.88 Å². The molecule has 13 heavy (non-hydrogen) atoms. The van der Waals surface area contributed by atoms with E-state index in [1.807, 2.05) is 0 Å².